The van der Waals surface area contributed by atoms with Crippen molar-refractivity contribution in [1.82, 2.24) is 0 Å². The van der Waals surface area contributed by atoms with Crippen LogP contribution >= 0.6 is 0 Å². The summed E-state index contributed by atoms with van der Waals surface area (Å²) in [6.07, 6.45) is 2.24. The second kappa shape index (κ2) is 3.62. The summed E-state index contributed by atoms with van der Waals surface area (Å²) in [6.45, 7) is 7.38. The van der Waals surface area contributed by atoms with Gasteiger partial charge >= 0.3 is 0 Å². The number of fused-ring (bicyclic) bond motifs is 2. The highest BCUT2D eigenvalue weighted by atomic mass is 35.5. The maximum atomic E-state index is 10.7. The molecule has 0 radical (unpaired) electrons. The maximum absolute atomic E-state index is 10.7. The van der Waals surface area contributed by atoms with Crippen molar-refractivity contribution in [3.63, 3.8) is 0 Å². The van der Waals surface area contributed by atoms with Gasteiger partial charge in [-0.25, -0.2) is 0 Å². The molecular formula is C15H23ClO3. The van der Waals surface area contributed by atoms with Crippen LogP contribution < -0.4 is 12.4 Å². The molecule has 3 nitrogen and oxygen atoms in total. The van der Waals surface area contributed by atoms with Gasteiger partial charge in [0.15, 0.2) is 17.9 Å². The highest BCUT2D eigenvalue weighted by molar-refractivity contribution is 5.38. The zero-order valence-electron chi connectivity index (χ0n) is 11.8. The molecule has 6 atom stereocenters. The first-order chi connectivity index (χ1) is 8.32. The van der Waals surface area contributed by atoms with E-state index in [4.69, 9.17) is 4.74 Å². The van der Waals surface area contributed by atoms with Gasteiger partial charge < -0.3 is 27.4 Å². The fraction of sp³-hybridized carbons (Fsp3) is 0.933. The third-order valence-electron chi connectivity index (χ3n) is 6.59. The maximum Gasteiger partial charge on any atom is 0.206 e. The van der Waals surface area contributed by atoms with Gasteiger partial charge in [0.25, 0.3) is 0 Å². The van der Waals surface area contributed by atoms with Crippen molar-refractivity contribution in [2.45, 2.75) is 52.4 Å². The summed E-state index contributed by atoms with van der Waals surface area (Å²) in [5.74, 6) is 2.02. The SMILES string of the molecule is CC1(C)C[C@H]2[C@H](O)[C+]3CO[C@H](O)[C@]34C[C@]4(C)[C@H]2C1.[Cl-]. The van der Waals surface area contributed by atoms with E-state index in [-0.39, 0.29) is 29.3 Å². The lowest BCUT2D eigenvalue weighted by molar-refractivity contribution is -0.108. The van der Waals surface area contributed by atoms with E-state index in [1.54, 1.807) is 0 Å². The van der Waals surface area contributed by atoms with E-state index < -0.39 is 6.29 Å². The Morgan fingerprint density at radius 3 is 2.53 bits per heavy atom. The number of rotatable bonds is 0. The van der Waals surface area contributed by atoms with Crippen LogP contribution in [0.3, 0.4) is 0 Å². The summed E-state index contributed by atoms with van der Waals surface area (Å²) in [6, 6.07) is 0. The summed E-state index contributed by atoms with van der Waals surface area (Å²) in [4.78, 5) is 0. The lowest BCUT2D eigenvalue weighted by atomic mass is 9.63. The number of aliphatic hydroxyl groups is 2. The van der Waals surface area contributed by atoms with Crippen molar-refractivity contribution in [1.29, 1.82) is 0 Å². The molecule has 0 unspecified atom stereocenters. The molecule has 1 aliphatic heterocycles. The third kappa shape index (κ3) is 1.38. The lowest BCUT2D eigenvalue weighted by Gasteiger charge is -2.36. The highest BCUT2D eigenvalue weighted by Crippen LogP contribution is 2.82. The minimum Gasteiger partial charge on any atom is -1.00 e. The van der Waals surface area contributed by atoms with E-state index in [9.17, 15) is 10.2 Å². The Kier molecular flexibility index (Phi) is 2.67. The van der Waals surface area contributed by atoms with Gasteiger partial charge in [0.2, 0.25) is 12.4 Å². The topological polar surface area (TPSA) is 49.7 Å². The van der Waals surface area contributed by atoms with Crippen molar-refractivity contribution in [2.24, 2.45) is 28.1 Å². The molecule has 4 rings (SSSR count). The third-order valence-corrected chi connectivity index (χ3v) is 6.59. The summed E-state index contributed by atoms with van der Waals surface area (Å²) >= 11 is 0. The van der Waals surface area contributed by atoms with Crippen molar-refractivity contribution < 1.29 is 27.4 Å². The van der Waals surface area contributed by atoms with Gasteiger partial charge in [0, 0.05) is 17.8 Å². The number of halogens is 1. The van der Waals surface area contributed by atoms with E-state index in [0.29, 0.717) is 23.9 Å². The first-order valence-electron chi connectivity index (χ1n) is 7.16. The van der Waals surface area contributed by atoms with Crippen LogP contribution in [0.1, 0.15) is 40.0 Å². The Balaban J connectivity index is 0.00000110. The summed E-state index contributed by atoms with van der Waals surface area (Å²) in [7, 11) is 0. The summed E-state index contributed by atoms with van der Waals surface area (Å²) < 4.78 is 5.46. The zero-order chi connectivity index (χ0) is 12.9. The van der Waals surface area contributed by atoms with Crippen LogP contribution in [0.2, 0.25) is 0 Å². The van der Waals surface area contributed by atoms with Crippen molar-refractivity contribution >= 4 is 0 Å². The molecular weight excluding hydrogens is 264 g/mol. The van der Waals surface area contributed by atoms with Crippen LogP contribution in [-0.2, 0) is 4.74 Å². The Morgan fingerprint density at radius 2 is 1.84 bits per heavy atom. The quantitative estimate of drug-likeness (QED) is 0.547. The minimum atomic E-state index is -0.684. The van der Waals surface area contributed by atoms with Gasteiger partial charge in [-0.15, -0.1) is 0 Å². The van der Waals surface area contributed by atoms with Crippen LogP contribution in [-0.4, -0.2) is 29.2 Å². The van der Waals surface area contributed by atoms with Crippen LogP contribution in [0.4, 0.5) is 0 Å². The monoisotopic (exact) mass is 286 g/mol. The second-order valence-electron chi connectivity index (χ2n) is 8.04. The molecule has 108 valence electrons. The molecule has 3 saturated carbocycles. The van der Waals surface area contributed by atoms with E-state index in [1.165, 1.54) is 6.42 Å². The molecule has 1 heterocycles. The molecule has 19 heavy (non-hydrogen) atoms. The Labute approximate surface area is 121 Å². The molecule has 1 spiro atoms. The fourth-order valence-corrected chi connectivity index (χ4v) is 5.69. The predicted molar refractivity (Wildman–Crippen MR) is 66.4 cm³/mol. The van der Waals surface area contributed by atoms with E-state index in [0.717, 1.165) is 18.8 Å². The first kappa shape index (κ1) is 14.0. The Hall–Kier alpha value is 0.0400. The normalized spacial score (nSPS) is 57.0. The smallest absolute Gasteiger partial charge is 0.206 e. The predicted octanol–water partition coefficient (Wildman–Crippen LogP) is -1.26. The van der Waals surface area contributed by atoms with Gasteiger partial charge in [-0.1, -0.05) is 20.8 Å². The molecule has 2 N–H and O–H groups in total. The molecule has 0 aromatic rings. The number of hydrogen-bond donors (Lipinski definition) is 2. The van der Waals surface area contributed by atoms with Gasteiger partial charge in [-0.3, -0.25) is 0 Å². The van der Waals surface area contributed by atoms with Gasteiger partial charge in [-0.05, 0) is 24.2 Å². The number of aliphatic hydroxyl groups excluding tert-OH is 2. The van der Waals surface area contributed by atoms with Crippen LogP contribution in [0, 0.1) is 34.0 Å². The number of ether oxygens (including phenoxy) is 1. The van der Waals surface area contributed by atoms with E-state index in [1.807, 2.05) is 0 Å². The van der Waals surface area contributed by atoms with E-state index >= 15 is 0 Å². The van der Waals surface area contributed by atoms with Gasteiger partial charge in [-0.2, -0.15) is 0 Å². The second-order valence-corrected chi connectivity index (χ2v) is 8.04. The van der Waals surface area contributed by atoms with Crippen LogP contribution in [0.25, 0.3) is 0 Å². The standard InChI is InChI=1S/C15H23O3.ClH/c1-13(2)4-8-9(5-13)14(3)7-15(14)10(11(8)16)6-18-12(15)17;/h8-9,11-12,16-17H,4-7H2,1-3H3;1H/q+1;/p-1/t8-,9+,11+,12+,14-,15+;/m1./s1. The van der Waals surface area contributed by atoms with Gasteiger partial charge in [0.1, 0.15) is 0 Å². The summed E-state index contributed by atoms with van der Waals surface area (Å²) in [5, 5.41) is 20.9. The molecule has 4 aliphatic rings. The lowest BCUT2D eigenvalue weighted by Crippen LogP contribution is -3.00. The van der Waals surface area contributed by atoms with Crippen LogP contribution in [0.15, 0.2) is 0 Å². The molecule has 4 fully saturated rings. The Morgan fingerprint density at radius 1 is 1.16 bits per heavy atom. The zero-order valence-corrected chi connectivity index (χ0v) is 12.6. The van der Waals surface area contributed by atoms with Crippen molar-refractivity contribution in [3.8, 4) is 0 Å². The van der Waals surface area contributed by atoms with Crippen LogP contribution in [0.5, 0.6) is 0 Å². The largest absolute Gasteiger partial charge is 1.00 e. The Bertz CT molecular complexity index is 412. The average Bonchev–Trinajstić information content (AvgIpc) is 2.59. The number of hydrogen-bond acceptors (Lipinski definition) is 3. The first-order valence-corrected chi connectivity index (χ1v) is 7.16. The molecule has 0 aromatic heterocycles. The fourth-order valence-electron chi connectivity index (χ4n) is 5.69. The molecule has 4 heteroatoms. The van der Waals surface area contributed by atoms with Crippen molar-refractivity contribution in [3.05, 3.63) is 5.92 Å². The minimum absolute atomic E-state index is 0. The molecule has 0 amide bonds. The highest BCUT2D eigenvalue weighted by Gasteiger charge is 2.89. The molecule has 0 aromatic carbocycles. The molecule has 0 bridgehead atoms. The van der Waals surface area contributed by atoms with E-state index in [2.05, 4.69) is 20.8 Å². The average molecular weight is 287 g/mol. The molecule has 3 aliphatic carbocycles. The van der Waals surface area contributed by atoms with Crippen molar-refractivity contribution in [2.75, 3.05) is 6.61 Å². The van der Waals surface area contributed by atoms with Gasteiger partial charge in [0.05, 0.1) is 0 Å². The summed E-state index contributed by atoms with van der Waals surface area (Å²) in [5.41, 5.74) is 0.276. The molecule has 1 saturated heterocycles.